The zero-order valence-corrected chi connectivity index (χ0v) is 10.6. The molecule has 0 N–H and O–H groups in total. The van der Waals surface area contributed by atoms with Crippen molar-refractivity contribution in [3.8, 4) is 0 Å². The molecule has 1 amide bonds. The van der Waals surface area contributed by atoms with Crippen molar-refractivity contribution in [2.45, 2.75) is 12.8 Å². The first-order valence-electron chi connectivity index (χ1n) is 6.19. The summed E-state index contributed by atoms with van der Waals surface area (Å²) in [6.07, 6.45) is 1.96. The molecule has 1 aliphatic rings. The van der Waals surface area contributed by atoms with E-state index < -0.39 is 0 Å². The molecule has 1 aromatic rings. The van der Waals surface area contributed by atoms with E-state index in [1.54, 1.807) is 4.90 Å². The van der Waals surface area contributed by atoms with Gasteiger partial charge in [0, 0.05) is 18.7 Å². The number of hydrogen-bond donors (Lipinski definition) is 0. The maximum atomic E-state index is 12.3. The summed E-state index contributed by atoms with van der Waals surface area (Å²) < 4.78 is 0. The molecule has 0 unspecified atom stereocenters. The zero-order valence-electron chi connectivity index (χ0n) is 10.6. The van der Waals surface area contributed by atoms with Crippen molar-refractivity contribution in [2.24, 2.45) is 5.92 Å². The largest absolute Gasteiger partial charge is 0.315 e. The summed E-state index contributed by atoms with van der Waals surface area (Å²) >= 11 is 0. The second-order valence-corrected chi connectivity index (χ2v) is 4.81. The number of carbonyl (C=O) groups is 1. The second-order valence-electron chi connectivity index (χ2n) is 4.81. The fourth-order valence-electron chi connectivity index (χ4n) is 2.31. The van der Waals surface area contributed by atoms with Gasteiger partial charge in [0.2, 0.25) is 5.91 Å². The third kappa shape index (κ3) is 2.86. The van der Waals surface area contributed by atoms with E-state index in [-0.39, 0.29) is 11.8 Å². The Morgan fingerprint density at radius 1 is 1.24 bits per heavy atom. The van der Waals surface area contributed by atoms with Crippen molar-refractivity contribution >= 4 is 11.6 Å². The number of hydrogen-bond acceptors (Lipinski definition) is 2. The molecule has 0 aromatic heterocycles. The summed E-state index contributed by atoms with van der Waals surface area (Å²) in [5.41, 5.74) is 0.983. The van der Waals surface area contributed by atoms with E-state index in [1.807, 2.05) is 37.4 Å². The van der Waals surface area contributed by atoms with Crippen LogP contribution in [0, 0.1) is 5.92 Å². The van der Waals surface area contributed by atoms with Crippen molar-refractivity contribution in [2.75, 3.05) is 32.1 Å². The average Bonchev–Trinajstić information content (AvgIpc) is 2.39. The third-order valence-corrected chi connectivity index (χ3v) is 3.54. The number of para-hydroxylation sites is 1. The fraction of sp³-hybridized carbons (Fsp3) is 0.500. The molecule has 0 spiro atoms. The van der Waals surface area contributed by atoms with Gasteiger partial charge in [-0.15, -0.1) is 0 Å². The number of benzene rings is 1. The highest BCUT2D eigenvalue weighted by Gasteiger charge is 2.26. The van der Waals surface area contributed by atoms with Gasteiger partial charge in [0.25, 0.3) is 0 Å². The van der Waals surface area contributed by atoms with Crippen LogP contribution in [0.25, 0.3) is 0 Å². The van der Waals surface area contributed by atoms with Gasteiger partial charge in [0.1, 0.15) is 0 Å². The molecule has 17 heavy (non-hydrogen) atoms. The second kappa shape index (κ2) is 5.32. The minimum atomic E-state index is 0.191. The predicted octanol–water partition coefficient (Wildman–Crippen LogP) is 1.99. The Hall–Kier alpha value is -1.35. The van der Waals surface area contributed by atoms with Gasteiger partial charge in [-0.25, -0.2) is 0 Å². The van der Waals surface area contributed by atoms with Crippen LogP contribution in [0.15, 0.2) is 30.3 Å². The molecule has 1 heterocycles. The van der Waals surface area contributed by atoms with E-state index in [0.29, 0.717) is 0 Å². The molecule has 1 saturated heterocycles. The molecule has 1 aromatic carbocycles. The van der Waals surface area contributed by atoms with Gasteiger partial charge in [-0.2, -0.15) is 0 Å². The predicted molar refractivity (Wildman–Crippen MR) is 70.1 cm³/mol. The van der Waals surface area contributed by atoms with Gasteiger partial charge in [-0.3, -0.25) is 4.79 Å². The smallest absolute Gasteiger partial charge is 0.229 e. The number of nitrogens with zero attached hydrogens (tertiary/aromatic N) is 2. The third-order valence-electron chi connectivity index (χ3n) is 3.54. The lowest BCUT2D eigenvalue weighted by Gasteiger charge is -2.30. The fourth-order valence-corrected chi connectivity index (χ4v) is 2.31. The molecule has 0 saturated carbocycles. The highest BCUT2D eigenvalue weighted by atomic mass is 16.2. The van der Waals surface area contributed by atoms with E-state index in [0.717, 1.165) is 31.6 Å². The summed E-state index contributed by atoms with van der Waals surface area (Å²) in [5.74, 6) is 0.445. The maximum Gasteiger partial charge on any atom is 0.229 e. The Labute approximate surface area is 103 Å². The molecule has 92 valence electrons. The van der Waals surface area contributed by atoms with Crippen LogP contribution in [0.3, 0.4) is 0 Å². The Bertz CT molecular complexity index is 369. The van der Waals surface area contributed by atoms with Crippen molar-refractivity contribution in [3.63, 3.8) is 0 Å². The number of piperidine rings is 1. The molecule has 3 nitrogen and oxygen atoms in total. The van der Waals surface area contributed by atoms with Gasteiger partial charge in [-0.05, 0) is 45.1 Å². The Kier molecular flexibility index (Phi) is 3.79. The quantitative estimate of drug-likeness (QED) is 0.778. The standard InChI is InChI=1S/C14H20N2O/c1-15-10-8-12(9-11-15)14(17)16(2)13-6-4-3-5-7-13/h3-7,12H,8-11H2,1-2H3. The molecule has 1 aliphatic heterocycles. The lowest BCUT2D eigenvalue weighted by molar-refractivity contribution is -0.123. The maximum absolute atomic E-state index is 12.3. The minimum absolute atomic E-state index is 0.191. The molecular formula is C14H20N2O. The van der Waals surface area contributed by atoms with Gasteiger partial charge in [0.15, 0.2) is 0 Å². The van der Waals surface area contributed by atoms with E-state index >= 15 is 0 Å². The highest BCUT2D eigenvalue weighted by Crippen LogP contribution is 2.21. The molecule has 1 fully saturated rings. The van der Waals surface area contributed by atoms with Crippen LogP contribution in [-0.2, 0) is 4.79 Å². The topological polar surface area (TPSA) is 23.6 Å². The van der Waals surface area contributed by atoms with Crippen molar-refractivity contribution in [1.29, 1.82) is 0 Å². The van der Waals surface area contributed by atoms with Crippen LogP contribution in [0.4, 0.5) is 5.69 Å². The van der Waals surface area contributed by atoms with E-state index in [9.17, 15) is 4.79 Å². The Morgan fingerprint density at radius 3 is 2.41 bits per heavy atom. The van der Waals surface area contributed by atoms with Crippen molar-refractivity contribution < 1.29 is 4.79 Å². The molecule has 2 rings (SSSR count). The number of amides is 1. The number of carbonyl (C=O) groups excluding carboxylic acids is 1. The number of likely N-dealkylation sites (tertiary alicyclic amines) is 1. The van der Waals surface area contributed by atoms with Crippen LogP contribution in [0.1, 0.15) is 12.8 Å². The monoisotopic (exact) mass is 232 g/mol. The summed E-state index contributed by atoms with van der Waals surface area (Å²) in [5, 5.41) is 0. The summed E-state index contributed by atoms with van der Waals surface area (Å²) in [4.78, 5) is 16.4. The van der Waals surface area contributed by atoms with Gasteiger partial charge >= 0.3 is 0 Å². The molecule has 0 atom stereocenters. The van der Waals surface area contributed by atoms with E-state index in [1.165, 1.54) is 0 Å². The SMILES string of the molecule is CN1CCC(C(=O)N(C)c2ccccc2)CC1. The molecule has 0 bridgehead atoms. The van der Waals surface area contributed by atoms with Crippen LogP contribution in [0.5, 0.6) is 0 Å². The van der Waals surface area contributed by atoms with Crippen molar-refractivity contribution in [3.05, 3.63) is 30.3 Å². The first-order chi connectivity index (χ1) is 8.18. The van der Waals surface area contributed by atoms with E-state index in [2.05, 4.69) is 11.9 Å². The first kappa shape index (κ1) is 12.1. The van der Waals surface area contributed by atoms with Gasteiger partial charge in [0.05, 0.1) is 0 Å². The van der Waals surface area contributed by atoms with Gasteiger partial charge in [-0.1, -0.05) is 18.2 Å². The van der Waals surface area contributed by atoms with Crippen molar-refractivity contribution in [1.82, 2.24) is 4.90 Å². The van der Waals surface area contributed by atoms with Crippen LogP contribution < -0.4 is 4.90 Å². The van der Waals surface area contributed by atoms with Crippen LogP contribution in [0.2, 0.25) is 0 Å². The molecule has 0 aliphatic carbocycles. The van der Waals surface area contributed by atoms with Crippen LogP contribution in [-0.4, -0.2) is 38.0 Å². The van der Waals surface area contributed by atoms with E-state index in [4.69, 9.17) is 0 Å². The Morgan fingerprint density at radius 2 is 1.82 bits per heavy atom. The summed E-state index contributed by atoms with van der Waals surface area (Å²) in [6, 6.07) is 9.86. The average molecular weight is 232 g/mol. The van der Waals surface area contributed by atoms with Gasteiger partial charge < -0.3 is 9.80 Å². The molecular weight excluding hydrogens is 212 g/mol. The highest BCUT2D eigenvalue weighted by molar-refractivity contribution is 5.94. The normalized spacial score (nSPS) is 18.0. The summed E-state index contributed by atoms with van der Waals surface area (Å²) in [6.45, 7) is 2.05. The molecule has 0 radical (unpaired) electrons. The molecule has 3 heteroatoms. The Balaban J connectivity index is 2.00. The lowest BCUT2D eigenvalue weighted by Crippen LogP contribution is -2.39. The summed E-state index contributed by atoms with van der Waals surface area (Å²) in [7, 11) is 3.98. The van der Waals surface area contributed by atoms with Crippen LogP contribution >= 0.6 is 0 Å². The number of anilines is 1. The minimum Gasteiger partial charge on any atom is -0.315 e. The lowest BCUT2D eigenvalue weighted by atomic mass is 9.95. The first-order valence-corrected chi connectivity index (χ1v) is 6.19. The number of rotatable bonds is 2. The zero-order chi connectivity index (χ0) is 12.3.